The quantitative estimate of drug-likeness (QED) is 0.913. The second-order valence-electron chi connectivity index (χ2n) is 5.11. The Labute approximate surface area is 124 Å². The molecular weight excluding hydrogens is 272 g/mol. The maximum atomic E-state index is 6.36. The molecule has 1 unspecified atom stereocenters. The summed E-state index contributed by atoms with van der Waals surface area (Å²) >= 11 is 6.36. The van der Waals surface area contributed by atoms with E-state index >= 15 is 0 Å². The Hall–Kier alpha value is -1.52. The van der Waals surface area contributed by atoms with Gasteiger partial charge in [-0.05, 0) is 50.6 Å². The fourth-order valence-electron chi connectivity index (χ4n) is 2.65. The van der Waals surface area contributed by atoms with E-state index in [0.29, 0.717) is 11.1 Å². The van der Waals surface area contributed by atoms with Crippen molar-refractivity contribution in [1.29, 1.82) is 0 Å². The SMILES string of the molecule is Clc1cccc(NC2CCCNCC2)c1-n1cccn1. The molecule has 1 saturated heterocycles. The zero-order valence-corrected chi connectivity index (χ0v) is 12.1. The molecule has 1 aromatic carbocycles. The summed E-state index contributed by atoms with van der Waals surface area (Å²) in [5.74, 6) is 0. The molecule has 20 heavy (non-hydrogen) atoms. The number of benzene rings is 1. The minimum absolute atomic E-state index is 0.484. The minimum atomic E-state index is 0.484. The van der Waals surface area contributed by atoms with Gasteiger partial charge in [-0.1, -0.05) is 17.7 Å². The first-order chi connectivity index (χ1) is 9.84. The molecule has 106 valence electrons. The van der Waals surface area contributed by atoms with Gasteiger partial charge in [0.05, 0.1) is 10.7 Å². The van der Waals surface area contributed by atoms with Crippen molar-refractivity contribution in [2.45, 2.75) is 25.3 Å². The summed E-state index contributed by atoms with van der Waals surface area (Å²) in [5, 5.41) is 12.1. The highest BCUT2D eigenvalue weighted by molar-refractivity contribution is 6.33. The van der Waals surface area contributed by atoms with E-state index in [1.807, 2.05) is 29.1 Å². The highest BCUT2D eigenvalue weighted by Gasteiger charge is 2.15. The Morgan fingerprint density at radius 2 is 2.20 bits per heavy atom. The number of halogens is 1. The van der Waals surface area contributed by atoms with Crippen LogP contribution in [-0.2, 0) is 0 Å². The number of nitrogens with zero attached hydrogens (tertiary/aromatic N) is 2. The Bertz CT molecular complexity index is 545. The van der Waals surface area contributed by atoms with Crippen molar-refractivity contribution in [3.05, 3.63) is 41.7 Å². The molecule has 1 atom stereocenters. The van der Waals surface area contributed by atoms with Gasteiger partial charge < -0.3 is 10.6 Å². The molecule has 1 fully saturated rings. The third kappa shape index (κ3) is 2.97. The van der Waals surface area contributed by atoms with E-state index in [2.05, 4.69) is 21.8 Å². The Kier molecular flexibility index (Phi) is 4.23. The van der Waals surface area contributed by atoms with Crippen molar-refractivity contribution in [3.8, 4) is 5.69 Å². The molecule has 0 radical (unpaired) electrons. The second-order valence-corrected chi connectivity index (χ2v) is 5.52. The van der Waals surface area contributed by atoms with Crippen molar-refractivity contribution in [3.63, 3.8) is 0 Å². The van der Waals surface area contributed by atoms with E-state index in [4.69, 9.17) is 11.6 Å². The Balaban J connectivity index is 1.87. The number of hydrogen-bond donors (Lipinski definition) is 2. The molecule has 3 rings (SSSR count). The first kappa shape index (κ1) is 13.5. The lowest BCUT2D eigenvalue weighted by atomic mass is 10.1. The third-order valence-corrected chi connectivity index (χ3v) is 3.96. The van der Waals surface area contributed by atoms with Crippen LogP contribution in [0.3, 0.4) is 0 Å². The van der Waals surface area contributed by atoms with E-state index in [9.17, 15) is 0 Å². The van der Waals surface area contributed by atoms with E-state index < -0.39 is 0 Å². The zero-order valence-electron chi connectivity index (χ0n) is 11.3. The number of aromatic nitrogens is 2. The van der Waals surface area contributed by atoms with Crippen LogP contribution in [0.1, 0.15) is 19.3 Å². The summed E-state index contributed by atoms with van der Waals surface area (Å²) in [6.07, 6.45) is 7.20. The summed E-state index contributed by atoms with van der Waals surface area (Å²) in [4.78, 5) is 0. The van der Waals surface area contributed by atoms with Gasteiger partial charge in [0.1, 0.15) is 5.69 Å². The van der Waals surface area contributed by atoms with Crippen molar-refractivity contribution >= 4 is 17.3 Å². The molecule has 0 saturated carbocycles. The molecule has 5 heteroatoms. The van der Waals surface area contributed by atoms with Crippen LogP contribution in [0.4, 0.5) is 5.69 Å². The lowest BCUT2D eigenvalue weighted by Crippen LogP contribution is -2.22. The molecular formula is C15H19ClN4. The third-order valence-electron chi connectivity index (χ3n) is 3.66. The normalized spacial score (nSPS) is 19.6. The van der Waals surface area contributed by atoms with Crippen molar-refractivity contribution in [2.75, 3.05) is 18.4 Å². The molecule has 2 heterocycles. The lowest BCUT2D eigenvalue weighted by molar-refractivity contribution is 0.636. The van der Waals surface area contributed by atoms with Gasteiger partial charge in [0.25, 0.3) is 0 Å². The molecule has 4 nitrogen and oxygen atoms in total. The fraction of sp³-hybridized carbons (Fsp3) is 0.400. The van der Waals surface area contributed by atoms with Gasteiger partial charge in [0.15, 0.2) is 0 Å². The maximum absolute atomic E-state index is 6.36. The standard InChI is InChI=1S/C15H19ClN4/c16-13-5-1-6-14(15(13)20-11-3-9-18-20)19-12-4-2-8-17-10-7-12/h1,3,5-6,9,11-12,17,19H,2,4,7-8,10H2. The first-order valence-corrected chi connectivity index (χ1v) is 7.48. The number of rotatable bonds is 3. The van der Waals surface area contributed by atoms with Gasteiger partial charge in [-0.25, -0.2) is 4.68 Å². The van der Waals surface area contributed by atoms with Gasteiger partial charge in [-0.2, -0.15) is 5.10 Å². The highest BCUT2D eigenvalue weighted by Crippen LogP contribution is 2.29. The molecule has 1 aromatic heterocycles. The predicted molar refractivity (Wildman–Crippen MR) is 82.7 cm³/mol. The van der Waals surface area contributed by atoms with E-state index in [1.54, 1.807) is 6.20 Å². The van der Waals surface area contributed by atoms with Gasteiger partial charge in [-0.15, -0.1) is 0 Å². The van der Waals surface area contributed by atoms with Gasteiger partial charge in [0.2, 0.25) is 0 Å². The number of para-hydroxylation sites is 1. The fourth-order valence-corrected chi connectivity index (χ4v) is 2.91. The number of anilines is 1. The van der Waals surface area contributed by atoms with Crippen LogP contribution < -0.4 is 10.6 Å². The average molecular weight is 291 g/mol. The van der Waals surface area contributed by atoms with Crippen LogP contribution >= 0.6 is 11.6 Å². The van der Waals surface area contributed by atoms with Crippen LogP contribution in [0, 0.1) is 0 Å². The van der Waals surface area contributed by atoms with Crippen molar-refractivity contribution in [1.82, 2.24) is 15.1 Å². The molecule has 0 amide bonds. The molecule has 2 N–H and O–H groups in total. The summed E-state index contributed by atoms with van der Waals surface area (Å²) in [6.45, 7) is 2.18. The summed E-state index contributed by atoms with van der Waals surface area (Å²) in [5.41, 5.74) is 1.98. The Morgan fingerprint density at radius 1 is 1.25 bits per heavy atom. The average Bonchev–Trinajstić information content (AvgIpc) is 2.84. The minimum Gasteiger partial charge on any atom is -0.380 e. The van der Waals surface area contributed by atoms with Crippen LogP contribution in [0.25, 0.3) is 5.69 Å². The van der Waals surface area contributed by atoms with Crippen LogP contribution in [-0.4, -0.2) is 28.9 Å². The summed E-state index contributed by atoms with van der Waals surface area (Å²) in [7, 11) is 0. The summed E-state index contributed by atoms with van der Waals surface area (Å²) < 4.78 is 1.82. The molecule has 0 bridgehead atoms. The molecule has 1 aliphatic rings. The predicted octanol–water partition coefficient (Wildman–Crippen LogP) is 3.08. The summed E-state index contributed by atoms with van der Waals surface area (Å²) in [6, 6.07) is 8.34. The van der Waals surface area contributed by atoms with Gasteiger partial charge in [-0.3, -0.25) is 0 Å². The van der Waals surface area contributed by atoms with E-state index in [0.717, 1.165) is 30.9 Å². The smallest absolute Gasteiger partial charge is 0.106 e. The molecule has 0 aliphatic carbocycles. The van der Waals surface area contributed by atoms with Crippen LogP contribution in [0.15, 0.2) is 36.7 Å². The van der Waals surface area contributed by atoms with Crippen LogP contribution in [0.2, 0.25) is 5.02 Å². The number of hydrogen-bond acceptors (Lipinski definition) is 3. The van der Waals surface area contributed by atoms with E-state index in [-0.39, 0.29) is 0 Å². The van der Waals surface area contributed by atoms with E-state index in [1.165, 1.54) is 12.8 Å². The number of nitrogens with one attached hydrogen (secondary N) is 2. The largest absolute Gasteiger partial charge is 0.380 e. The molecule has 2 aromatic rings. The molecule has 0 spiro atoms. The lowest BCUT2D eigenvalue weighted by Gasteiger charge is -2.20. The second kappa shape index (κ2) is 6.29. The monoisotopic (exact) mass is 290 g/mol. The zero-order chi connectivity index (χ0) is 13.8. The van der Waals surface area contributed by atoms with Crippen molar-refractivity contribution < 1.29 is 0 Å². The van der Waals surface area contributed by atoms with Gasteiger partial charge in [0, 0.05) is 18.4 Å². The highest BCUT2D eigenvalue weighted by atomic mass is 35.5. The Morgan fingerprint density at radius 3 is 3.05 bits per heavy atom. The van der Waals surface area contributed by atoms with Crippen molar-refractivity contribution in [2.24, 2.45) is 0 Å². The first-order valence-electron chi connectivity index (χ1n) is 7.10. The van der Waals surface area contributed by atoms with Gasteiger partial charge >= 0.3 is 0 Å². The molecule has 1 aliphatic heterocycles. The van der Waals surface area contributed by atoms with Crippen LogP contribution in [0.5, 0.6) is 0 Å². The topological polar surface area (TPSA) is 41.9 Å². The maximum Gasteiger partial charge on any atom is 0.106 e.